The number of H-pyrrole nitrogens is 1. The van der Waals surface area contributed by atoms with Gasteiger partial charge in [0.2, 0.25) is 0 Å². The van der Waals surface area contributed by atoms with E-state index in [4.69, 9.17) is 4.74 Å². The molecule has 0 saturated heterocycles. The van der Waals surface area contributed by atoms with E-state index in [9.17, 15) is 4.79 Å². The molecular formula is C29H22N2O2. The molecule has 1 atom stereocenters. The minimum atomic E-state index is -0.262. The van der Waals surface area contributed by atoms with Gasteiger partial charge in [-0.25, -0.2) is 0 Å². The van der Waals surface area contributed by atoms with Crippen LogP contribution in [0.5, 0.6) is 5.75 Å². The number of carbonyl (C=O) groups is 1. The first kappa shape index (κ1) is 19.4. The van der Waals surface area contributed by atoms with Gasteiger partial charge in [-0.1, -0.05) is 60.7 Å². The van der Waals surface area contributed by atoms with Crippen molar-refractivity contribution in [1.29, 1.82) is 0 Å². The lowest BCUT2D eigenvalue weighted by atomic mass is 9.84. The number of aromatic amines is 1. The van der Waals surface area contributed by atoms with Crippen LogP contribution in [0.2, 0.25) is 0 Å². The number of methoxy groups -OCH3 is 1. The summed E-state index contributed by atoms with van der Waals surface area (Å²) < 4.78 is 5.30. The molecule has 1 aliphatic heterocycles. The van der Waals surface area contributed by atoms with Crippen LogP contribution in [0.3, 0.4) is 0 Å². The fourth-order valence-corrected chi connectivity index (χ4v) is 4.90. The van der Waals surface area contributed by atoms with Crippen LogP contribution in [-0.2, 0) is 0 Å². The van der Waals surface area contributed by atoms with E-state index in [0.29, 0.717) is 5.56 Å². The van der Waals surface area contributed by atoms with Gasteiger partial charge in [0.1, 0.15) is 5.75 Å². The summed E-state index contributed by atoms with van der Waals surface area (Å²) in [6.07, 6.45) is 2.04. The van der Waals surface area contributed by atoms with Gasteiger partial charge in [0.05, 0.1) is 18.8 Å². The van der Waals surface area contributed by atoms with Gasteiger partial charge in [0.25, 0.3) is 5.91 Å². The standard InChI is InChI=1S/C29H22N2O2/c1-33-20-16-14-19(15-17-20)29(32)31-27-13-7-5-10-23(27)21-8-2-3-11-24(21)28(31)25-18-30-26-12-6-4-9-22(25)26/h2-18,28,30H,1H3. The van der Waals surface area contributed by atoms with E-state index in [-0.39, 0.29) is 11.9 Å². The van der Waals surface area contributed by atoms with Gasteiger partial charge in [0, 0.05) is 33.8 Å². The number of ether oxygens (including phenoxy) is 1. The summed E-state index contributed by atoms with van der Waals surface area (Å²) in [5.41, 5.74) is 6.99. The zero-order chi connectivity index (χ0) is 22.4. The van der Waals surface area contributed by atoms with E-state index in [2.05, 4.69) is 41.4 Å². The van der Waals surface area contributed by atoms with Crippen LogP contribution in [0.25, 0.3) is 22.0 Å². The van der Waals surface area contributed by atoms with Gasteiger partial charge >= 0.3 is 0 Å². The number of nitrogens with one attached hydrogen (secondary N) is 1. The Morgan fingerprint density at radius 2 is 1.48 bits per heavy atom. The first-order valence-corrected chi connectivity index (χ1v) is 11.0. The van der Waals surface area contributed by atoms with Crippen molar-refractivity contribution in [2.45, 2.75) is 6.04 Å². The lowest BCUT2D eigenvalue weighted by Crippen LogP contribution is -2.38. The molecule has 0 fully saturated rings. The molecule has 160 valence electrons. The monoisotopic (exact) mass is 430 g/mol. The SMILES string of the molecule is COc1ccc(C(=O)N2c3ccccc3-c3ccccc3C2c2c[nH]c3ccccc23)cc1. The number of rotatable bonds is 3. The van der Waals surface area contributed by atoms with Crippen LogP contribution in [0.15, 0.2) is 103 Å². The number of anilines is 1. The third-order valence-electron chi connectivity index (χ3n) is 6.44. The van der Waals surface area contributed by atoms with Crippen LogP contribution in [0.1, 0.15) is 27.5 Å². The van der Waals surface area contributed by atoms with Crippen molar-refractivity contribution in [2.24, 2.45) is 0 Å². The highest BCUT2D eigenvalue weighted by atomic mass is 16.5. The average Bonchev–Trinajstić information content (AvgIpc) is 3.31. The molecule has 0 bridgehead atoms. The van der Waals surface area contributed by atoms with Gasteiger partial charge in [-0.15, -0.1) is 0 Å². The highest BCUT2D eigenvalue weighted by molar-refractivity contribution is 6.11. The fraction of sp³-hybridized carbons (Fsp3) is 0.0690. The van der Waals surface area contributed by atoms with Crippen LogP contribution in [0, 0.1) is 0 Å². The maximum Gasteiger partial charge on any atom is 0.259 e. The Hall–Kier alpha value is -4.31. The average molecular weight is 431 g/mol. The number of benzene rings is 4. The summed E-state index contributed by atoms with van der Waals surface area (Å²) in [6.45, 7) is 0. The first-order valence-electron chi connectivity index (χ1n) is 11.0. The minimum Gasteiger partial charge on any atom is -0.497 e. The van der Waals surface area contributed by atoms with Crippen LogP contribution in [-0.4, -0.2) is 18.0 Å². The zero-order valence-electron chi connectivity index (χ0n) is 18.2. The van der Waals surface area contributed by atoms with Crippen LogP contribution < -0.4 is 9.64 Å². The second-order valence-corrected chi connectivity index (χ2v) is 8.20. The molecule has 0 spiro atoms. The van der Waals surface area contributed by atoms with E-state index in [1.54, 1.807) is 7.11 Å². The van der Waals surface area contributed by atoms with Gasteiger partial charge in [0.15, 0.2) is 0 Å². The quantitative estimate of drug-likeness (QED) is 0.351. The second-order valence-electron chi connectivity index (χ2n) is 8.20. The first-order chi connectivity index (χ1) is 16.3. The number of hydrogen-bond donors (Lipinski definition) is 1. The van der Waals surface area contributed by atoms with Gasteiger partial charge in [-0.3, -0.25) is 9.69 Å². The number of aromatic nitrogens is 1. The van der Waals surface area contributed by atoms with E-state index < -0.39 is 0 Å². The number of amides is 1. The Labute approximate surface area is 192 Å². The Bertz CT molecular complexity index is 1480. The van der Waals surface area contributed by atoms with Gasteiger partial charge < -0.3 is 9.72 Å². The lowest BCUT2D eigenvalue weighted by Gasteiger charge is -2.39. The van der Waals surface area contributed by atoms with Crippen molar-refractivity contribution in [3.63, 3.8) is 0 Å². The number of para-hydroxylation sites is 2. The molecule has 4 heteroatoms. The van der Waals surface area contributed by atoms with Gasteiger partial charge in [-0.2, -0.15) is 0 Å². The molecule has 1 amide bonds. The summed E-state index contributed by atoms with van der Waals surface area (Å²) in [5, 5.41) is 1.12. The highest BCUT2D eigenvalue weighted by Gasteiger charge is 2.37. The normalized spacial score (nSPS) is 14.6. The summed E-state index contributed by atoms with van der Waals surface area (Å²) in [6, 6.07) is 31.8. The molecule has 1 aliphatic rings. The third kappa shape index (κ3) is 3.03. The van der Waals surface area contributed by atoms with E-state index in [1.807, 2.05) is 71.8 Å². The Kier molecular flexibility index (Phi) is 4.51. The van der Waals surface area contributed by atoms with Gasteiger partial charge in [-0.05, 0) is 47.5 Å². The zero-order valence-corrected chi connectivity index (χ0v) is 18.2. The minimum absolute atomic E-state index is 0.0464. The third-order valence-corrected chi connectivity index (χ3v) is 6.44. The number of fused-ring (bicyclic) bond motifs is 4. The number of hydrogen-bond acceptors (Lipinski definition) is 2. The van der Waals surface area contributed by atoms with Crippen molar-refractivity contribution < 1.29 is 9.53 Å². The molecule has 2 heterocycles. The molecule has 0 aliphatic carbocycles. The molecular weight excluding hydrogens is 408 g/mol. The molecule has 6 rings (SSSR count). The molecule has 4 aromatic carbocycles. The van der Waals surface area contributed by atoms with E-state index in [1.165, 1.54) is 0 Å². The molecule has 33 heavy (non-hydrogen) atoms. The Balaban J connectivity index is 1.61. The van der Waals surface area contributed by atoms with Crippen molar-refractivity contribution in [3.8, 4) is 16.9 Å². The molecule has 1 aromatic heterocycles. The Morgan fingerprint density at radius 1 is 0.788 bits per heavy atom. The maximum atomic E-state index is 14.1. The van der Waals surface area contributed by atoms with Crippen LogP contribution >= 0.6 is 0 Å². The summed E-state index contributed by atoms with van der Waals surface area (Å²) in [5.74, 6) is 0.680. The van der Waals surface area contributed by atoms with Crippen molar-refractivity contribution in [3.05, 3.63) is 120 Å². The second kappa shape index (κ2) is 7.68. The van der Waals surface area contributed by atoms with E-state index in [0.717, 1.165) is 44.6 Å². The lowest BCUT2D eigenvalue weighted by molar-refractivity contribution is 0.0980. The van der Waals surface area contributed by atoms with Crippen molar-refractivity contribution >= 4 is 22.5 Å². The highest BCUT2D eigenvalue weighted by Crippen LogP contribution is 2.48. The number of nitrogens with zero attached hydrogens (tertiary/aromatic N) is 1. The predicted molar refractivity (Wildman–Crippen MR) is 132 cm³/mol. The molecule has 0 saturated carbocycles. The van der Waals surface area contributed by atoms with Crippen molar-refractivity contribution in [1.82, 2.24) is 4.98 Å². The molecule has 4 nitrogen and oxygen atoms in total. The van der Waals surface area contributed by atoms with E-state index >= 15 is 0 Å². The molecule has 1 unspecified atom stereocenters. The summed E-state index contributed by atoms with van der Waals surface area (Å²) in [7, 11) is 1.63. The summed E-state index contributed by atoms with van der Waals surface area (Å²) in [4.78, 5) is 19.4. The maximum absolute atomic E-state index is 14.1. The molecule has 1 N–H and O–H groups in total. The Morgan fingerprint density at radius 3 is 2.30 bits per heavy atom. The number of carbonyl (C=O) groups excluding carboxylic acids is 1. The van der Waals surface area contributed by atoms with Crippen molar-refractivity contribution in [2.75, 3.05) is 12.0 Å². The largest absolute Gasteiger partial charge is 0.497 e. The fourth-order valence-electron chi connectivity index (χ4n) is 4.90. The predicted octanol–water partition coefficient (Wildman–Crippen LogP) is 6.59. The summed E-state index contributed by atoms with van der Waals surface area (Å²) >= 11 is 0. The topological polar surface area (TPSA) is 45.3 Å². The van der Waals surface area contributed by atoms with Crippen LogP contribution in [0.4, 0.5) is 5.69 Å². The smallest absolute Gasteiger partial charge is 0.259 e. The molecule has 5 aromatic rings. The molecule has 0 radical (unpaired) electrons.